The number of rotatable bonds is 2. The van der Waals surface area contributed by atoms with Crippen molar-refractivity contribution >= 4 is 23.1 Å². The minimum absolute atomic E-state index is 0.0313. The number of aromatic nitrogens is 2. The summed E-state index contributed by atoms with van der Waals surface area (Å²) in [6, 6.07) is 8.38. The van der Waals surface area contributed by atoms with E-state index in [4.69, 9.17) is 4.42 Å². The molecular weight excluding hydrogens is 258 g/mol. The van der Waals surface area contributed by atoms with Crippen molar-refractivity contribution in [2.75, 3.05) is 0 Å². The van der Waals surface area contributed by atoms with Crippen molar-refractivity contribution in [3.05, 3.63) is 58.7 Å². The number of aromatic hydroxyl groups is 1. The van der Waals surface area contributed by atoms with E-state index >= 15 is 0 Å². The summed E-state index contributed by atoms with van der Waals surface area (Å²) >= 11 is 0. The zero-order chi connectivity index (χ0) is 13.9. The van der Waals surface area contributed by atoms with E-state index in [1.807, 2.05) is 0 Å². The molecule has 0 atom stereocenters. The first-order valence-electron chi connectivity index (χ1n) is 5.81. The van der Waals surface area contributed by atoms with Crippen LogP contribution in [0.15, 0.2) is 56.9 Å². The molecule has 0 aliphatic carbocycles. The van der Waals surface area contributed by atoms with Gasteiger partial charge in [0.2, 0.25) is 5.95 Å². The monoisotopic (exact) mass is 267 g/mol. The SMILES string of the molecule is O=c1oc2ccccc2c(O)c1/C=N/c1ncccn1. The van der Waals surface area contributed by atoms with Crippen LogP contribution in [0.2, 0.25) is 0 Å². The minimum atomic E-state index is -0.666. The Morgan fingerprint density at radius 3 is 2.70 bits per heavy atom. The van der Waals surface area contributed by atoms with Gasteiger partial charge in [0, 0.05) is 18.6 Å². The van der Waals surface area contributed by atoms with Crippen molar-refractivity contribution in [3.63, 3.8) is 0 Å². The van der Waals surface area contributed by atoms with Crippen LogP contribution in [0, 0.1) is 0 Å². The Labute approximate surface area is 113 Å². The maximum atomic E-state index is 11.8. The molecule has 0 radical (unpaired) electrons. The van der Waals surface area contributed by atoms with Gasteiger partial charge in [-0.1, -0.05) is 12.1 Å². The Bertz CT molecular complexity index is 841. The quantitative estimate of drug-likeness (QED) is 0.567. The second kappa shape index (κ2) is 4.93. The van der Waals surface area contributed by atoms with Crippen molar-refractivity contribution in [1.82, 2.24) is 9.97 Å². The van der Waals surface area contributed by atoms with Gasteiger partial charge in [0.15, 0.2) is 0 Å². The number of hydrogen-bond donors (Lipinski definition) is 1. The first-order valence-corrected chi connectivity index (χ1v) is 5.81. The van der Waals surface area contributed by atoms with Gasteiger partial charge < -0.3 is 9.52 Å². The van der Waals surface area contributed by atoms with E-state index in [-0.39, 0.29) is 17.3 Å². The Kier molecular flexibility index (Phi) is 2.96. The van der Waals surface area contributed by atoms with E-state index in [2.05, 4.69) is 15.0 Å². The lowest BCUT2D eigenvalue weighted by Gasteiger charge is -2.01. The van der Waals surface area contributed by atoms with E-state index < -0.39 is 5.63 Å². The minimum Gasteiger partial charge on any atom is -0.506 e. The maximum absolute atomic E-state index is 11.8. The van der Waals surface area contributed by atoms with Crippen LogP contribution in [0.3, 0.4) is 0 Å². The summed E-state index contributed by atoms with van der Waals surface area (Å²) in [5, 5.41) is 10.6. The Hall–Kier alpha value is -3.02. The van der Waals surface area contributed by atoms with Gasteiger partial charge in [-0.3, -0.25) is 0 Å². The molecule has 6 heteroatoms. The largest absolute Gasteiger partial charge is 0.506 e. The lowest BCUT2D eigenvalue weighted by Crippen LogP contribution is -2.07. The molecule has 3 rings (SSSR count). The van der Waals surface area contributed by atoms with E-state index in [9.17, 15) is 9.90 Å². The predicted octanol–water partition coefficient (Wildman–Crippen LogP) is 2.04. The average Bonchev–Trinajstić information content (AvgIpc) is 2.48. The molecule has 20 heavy (non-hydrogen) atoms. The first kappa shape index (κ1) is 12.0. The van der Waals surface area contributed by atoms with Gasteiger partial charge in [0.25, 0.3) is 0 Å². The number of para-hydroxylation sites is 1. The molecule has 0 amide bonds. The fraction of sp³-hybridized carbons (Fsp3) is 0. The highest BCUT2D eigenvalue weighted by molar-refractivity contribution is 5.93. The van der Waals surface area contributed by atoms with Gasteiger partial charge in [-0.2, -0.15) is 0 Å². The molecule has 0 unspecified atom stereocenters. The van der Waals surface area contributed by atoms with Crippen LogP contribution < -0.4 is 5.63 Å². The summed E-state index contributed by atoms with van der Waals surface area (Å²) in [7, 11) is 0. The number of benzene rings is 1. The highest BCUT2D eigenvalue weighted by atomic mass is 16.4. The van der Waals surface area contributed by atoms with E-state index in [0.717, 1.165) is 0 Å². The van der Waals surface area contributed by atoms with Gasteiger partial charge in [0.1, 0.15) is 16.9 Å². The number of fused-ring (bicyclic) bond motifs is 1. The van der Waals surface area contributed by atoms with Crippen LogP contribution in [0.5, 0.6) is 5.75 Å². The summed E-state index contributed by atoms with van der Waals surface area (Å²) in [5.41, 5.74) is -0.375. The zero-order valence-electron chi connectivity index (χ0n) is 10.2. The standard InChI is InChI=1S/C14H9N3O3/c18-12-9-4-1-2-5-11(9)20-13(19)10(12)8-17-14-15-6-3-7-16-14/h1-8,18H/b17-8+. The average molecular weight is 267 g/mol. The molecule has 6 nitrogen and oxygen atoms in total. The molecule has 2 heterocycles. The third kappa shape index (κ3) is 2.14. The van der Waals surface area contributed by atoms with Gasteiger partial charge in [-0.15, -0.1) is 0 Å². The lowest BCUT2D eigenvalue weighted by molar-refractivity contribution is 0.466. The van der Waals surface area contributed by atoms with Gasteiger partial charge in [-0.25, -0.2) is 19.8 Å². The molecular formula is C14H9N3O3. The van der Waals surface area contributed by atoms with Crippen LogP contribution in [0.1, 0.15) is 5.56 Å². The molecule has 2 aromatic heterocycles. The fourth-order valence-electron chi connectivity index (χ4n) is 1.74. The van der Waals surface area contributed by atoms with Crippen LogP contribution in [0.4, 0.5) is 5.95 Å². The topological polar surface area (TPSA) is 88.6 Å². The molecule has 0 aliphatic rings. The zero-order valence-corrected chi connectivity index (χ0v) is 10.2. The van der Waals surface area contributed by atoms with Gasteiger partial charge in [-0.05, 0) is 18.2 Å². The number of nitrogens with zero attached hydrogens (tertiary/aromatic N) is 3. The number of aliphatic imine (C=N–C) groups is 1. The van der Waals surface area contributed by atoms with Crippen LogP contribution >= 0.6 is 0 Å². The molecule has 0 aliphatic heterocycles. The number of hydrogen-bond acceptors (Lipinski definition) is 6. The summed E-state index contributed by atoms with van der Waals surface area (Å²) in [6.07, 6.45) is 4.26. The van der Waals surface area contributed by atoms with Crippen molar-refractivity contribution in [2.45, 2.75) is 0 Å². The molecule has 1 aromatic carbocycles. The molecule has 0 bridgehead atoms. The van der Waals surface area contributed by atoms with Crippen LogP contribution in [-0.2, 0) is 0 Å². The van der Waals surface area contributed by atoms with Gasteiger partial charge in [0.05, 0.1) is 5.39 Å². The fourth-order valence-corrected chi connectivity index (χ4v) is 1.74. The first-order chi connectivity index (χ1) is 9.75. The summed E-state index contributed by atoms with van der Waals surface area (Å²) in [6.45, 7) is 0. The van der Waals surface area contributed by atoms with E-state index in [0.29, 0.717) is 11.0 Å². The van der Waals surface area contributed by atoms with Crippen molar-refractivity contribution in [1.29, 1.82) is 0 Å². The highest BCUT2D eigenvalue weighted by Gasteiger charge is 2.11. The molecule has 0 spiro atoms. The molecule has 98 valence electrons. The van der Waals surface area contributed by atoms with Crippen molar-refractivity contribution in [3.8, 4) is 5.75 Å². The third-order valence-corrected chi connectivity index (χ3v) is 2.68. The summed E-state index contributed by atoms with van der Waals surface area (Å²) in [4.78, 5) is 23.5. The van der Waals surface area contributed by atoms with Gasteiger partial charge >= 0.3 is 5.63 Å². The lowest BCUT2D eigenvalue weighted by atomic mass is 10.1. The Balaban J connectivity index is 2.12. The van der Waals surface area contributed by atoms with E-state index in [1.165, 1.54) is 18.6 Å². The Morgan fingerprint density at radius 2 is 1.90 bits per heavy atom. The van der Waals surface area contributed by atoms with E-state index in [1.54, 1.807) is 30.3 Å². The van der Waals surface area contributed by atoms with Crippen molar-refractivity contribution in [2.24, 2.45) is 4.99 Å². The third-order valence-electron chi connectivity index (χ3n) is 2.68. The maximum Gasteiger partial charge on any atom is 0.348 e. The van der Waals surface area contributed by atoms with Crippen molar-refractivity contribution < 1.29 is 9.52 Å². The molecule has 0 saturated carbocycles. The summed E-state index contributed by atoms with van der Waals surface area (Å²) in [5.74, 6) is 0.0241. The normalized spacial score (nSPS) is 11.2. The summed E-state index contributed by atoms with van der Waals surface area (Å²) < 4.78 is 5.11. The molecule has 0 saturated heterocycles. The smallest absolute Gasteiger partial charge is 0.348 e. The van der Waals surface area contributed by atoms with Crippen LogP contribution in [-0.4, -0.2) is 21.3 Å². The second-order valence-corrected chi connectivity index (χ2v) is 3.95. The molecule has 0 fully saturated rings. The molecule has 1 N–H and O–H groups in total. The molecule has 3 aromatic rings. The highest BCUT2D eigenvalue weighted by Crippen LogP contribution is 2.24. The Morgan fingerprint density at radius 1 is 1.15 bits per heavy atom. The predicted molar refractivity (Wildman–Crippen MR) is 73.4 cm³/mol. The second-order valence-electron chi connectivity index (χ2n) is 3.95. The van der Waals surface area contributed by atoms with Crippen LogP contribution in [0.25, 0.3) is 11.0 Å².